The highest BCUT2D eigenvalue weighted by Crippen LogP contribution is 2.22. The number of anilines is 2. The molecule has 0 aromatic heterocycles. The van der Waals surface area contributed by atoms with E-state index in [1.165, 1.54) is 22.3 Å². The highest BCUT2D eigenvalue weighted by Gasteiger charge is 2.06. The number of hydrogen-bond donors (Lipinski definition) is 2. The average molecular weight is 282 g/mol. The van der Waals surface area contributed by atoms with Crippen LogP contribution < -0.4 is 11.5 Å². The Morgan fingerprint density at radius 2 is 1.38 bits per heavy atom. The predicted molar refractivity (Wildman–Crippen MR) is 92.4 cm³/mol. The van der Waals surface area contributed by atoms with E-state index in [0.29, 0.717) is 5.92 Å². The lowest BCUT2D eigenvalue weighted by molar-refractivity contribution is 0.648. The molecule has 0 saturated carbocycles. The Balaban J connectivity index is 2.23. The molecule has 0 aliphatic rings. The third kappa shape index (κ3) is 4.01. The molecule has 2 nitrogen and oxygen atoms in total. The van der Waals surface area contributed by atoms with Crippen LogP contribution in [0.3, 0.4) is 0 Å². The molecule has 2 aromatic rings. The predicted octanol–water partition coefficient (Wildman–Crippen LogP) is 4.20. The zero-order valence-corrected chi connectivity index (χ0v) is 13.3. The Morgan fingerprint density at radius 3 is 1.90 bits per heavy atom. The smallest absolute Gasteiger partial charge is 0.0346 e. The van der Waals surface area contributed by atoms with Gasteiger partial charge in [0.05, 0.1) is 0 Å². The van der Waals surface area contributed by atoms with E-state index in [0.717, 1.165) is 30.6 Å². The minimum Gasteiger partial charge on any atom is -0.399 e. The number of benzene rings is 2. The number of aryl methyl sites for hydroxylation is 1. The number of hydrogen-bond acceptors (Lipinski definition) is 2. The summed E-state index contributed by atoms with van der Waals surface area (Å²) in [6.45, 7) is 6.58. The Bertz CT molecular complexity index is 615. The molecule has 21 heavy (non-hydrogen) atoms. The molecule has 0 unspecified atom stereocenters. The first-order valence-corrected chi connectivity index (χ1v) is 7.74. The van der Waals surface area contributed by atoms with Gasteiger partial charge in [-0.05, 0) is 59.6 Å². The van der Waals surface area contributed by atoms with Crippen LogP contribution >= 0.6 is 0 Å². The first-order valence-electron chi connectivity index (χ1n) is 7.74. The van der Waals surface area contributed by atoms with Gasteiger partial charge in [-0.1, -0.05) is 45.0 Å². The molecule has 2 heteroatoms. The minimum atomic E-state index is 0.616. The van der Waals surface area contributed by atoms with E-state index in [4.69, 9.17) is 11.5 Å². The van der Waals surface area contributed by atoms with E-state index < -0.39 is 0 Å². The van der Waals surface area contributed by atoms with Crippen LogP contribution in [-0.2, 0) is 19.3 Å². The van der Waals surface area contributed by atoms with Gasteiger partial charge in [0, 0.05) is 11.4 Å². The monoisotopic (exact) mass is 282 g/mol. The fraction of sp³-hybridized carbons (Fsp3) is 0.368. The first kappa shape index (κ1) is 15.4. The average Bonchev–Trinajstić information content (AvgIpc) is 2.44. The molecule has 112 valence electrons. The van der Waals surface area contributed by atoms with Crippen molar-refractivity contribution in [2.24, 2.45) is 5.92 Å². The standard InChI is InChI=1S/C19H26N2/c1-4-16-11-14(5-7-18(16)20)10-15-6-8-19(21)17(12-15)9-13(2)3/h5-8,11-13H,4,9-10,20-21H2,1-3H3. The van der Waals surface area contributed by atoms with Gasteiger partial charge in [0.2, 0.25) is 0 Å². The molecule has 4 N–H and O–H groups in total. The summed E-state index contributed by atoms with van der Waals surface area (Å²) in [4.78, 5) is 0. The molecule has 0 saturated heterocycles. The zero-order chi connectivity index (χ0) is 15.4. The van der Waals surface area contributed by atoms with Gasteiger partial charge >= 0.3 is 0 Å². The van der Waals surface area contributed by atoms with Crippen LogP contribution in [0.4, 0.5) is 11.4 Å². The first-order chi connectivity index (χ1) is 9.99. The van der Waals surface area contributed by atoms with Gasteiger partial charge in [-0.3, -0.25) is 0 Å². The summed E-state index contributed by atoms with van der Waals surface area (Å²) in [7, 11) is 0. The summed E-state index contributed by atoms with van der Waals surface area (Å²) in [5.74, 6) is 0.616. The highest BCUT2D eigenvalue weighted by molar-refractivity contribution is 5.51. The maximum atomic E-state index is 6.08. The second-order valence-corrected chi connectivity index (χ2v) is 6.19. The summed E-state index contributed by atoms with van der Waals surface area (Å²) < 4.78 is 0. The molecule has 2 rings (SSSR count). The number of nitrogen functional groups attached to an aromatic ring is 2. The van der Waals surface area contributed by atoms with Crippen molar-refractivity contribution < 1.29 is 0 Å². The number of nitrogens with two attached hydrogens (primary N) is 2. The highest BCUT2D eigenvalue weighted by atomic mass is 14.6. The van der Waals surface area contributed by atoms with E-state index in [1.54, 1.807) is 0 Å². The van der Waals surface area contributed by atoms with E-state index in [2.05, 4.69) is 45.0 Å². The van der Waals surface area contributed by atoms with Gasteiger partial charge in [0.1, 0.15) is 0 Å². The molecule has 2 aromatic carbocycles. The molecule has 0 spiro atoms. The summed E-state index contributed by atoms with van der Waals surface area (Å²) in [6.07, 6.45) is 2.93. The molecule has 0 aliphatic heterocycles. The van der Waals surface area contributed by atoms with Gasteiger partial charge in [-0.2, -0.15) is 0 Å². The zero-order valence-electron chi connectivity index (χ0n) is 13.3. The Morgan fingerprint density at radius 1 is 0.857 bits per heavy atom. The quantitative estimate of drug-likeness (QED) is 0.807. The molecule has 0 radical (unpaired) electrons. The summed E-state index contributed by atoms with van der Waals surface area (Å²) >= 11 is 0. The van der Waals surface area contributed by atoms with Crippen LogP contribution in [-0.4, -0.2) is 0 Å². The van der Waals surface area contributed by atoms with E-state index in [-0.39, 0.29) is 0 Å². The molecule has 0 aliphatic carbocycles. The van der Waals surface area contributed by atoms with E-state index in [9.17, 15) is 0 Å². The van der Waals surface area contributed by atoms with Crippen molar-refractivity contribution in [1.82, 2.24) is 0 Å². The van der Waals surface area contributed by atoms with Crippen LogP contribution in [0.15, 0.2) is 36.4 Å². The lowest BCUT2D eigenvalue weighted by Gasteiger charge is -2.12. The van der Waals surface area contributed by atoms with E-state index in [1.807, 2.05) is 12.1 Å². The van der Waals surface area contributed by atoms with Crippen molar-refractivity contribution in [3.8, 4) is 0 Å². The van der Waals surface area contributed by atoms with Gasteiger partial charge in [-0.15, -0.1) is 0 Å². The SMILES string of the molecule is CCc1cc(Cc2ccc(N)c(CC(C)C)c2)ccc1N. The van der Waals surface area contributed by atoms with Crippen LogP contribution in [0.2, 0.25) is 0 Å². The van der Waals surface area contributed by atoms with Crippen molar-refractivity contribution in [3.05, 3.63) is 58.7 Å². The second-order valence-electron chi connectivity index (χ2n) is 6.19. The molecule has 0 bridgehead atoms. The number of rotatable bonds is 5. The molecule has 0 fully saturated rings. The largest absolute Gasteiger partial charge is 0.399 e. The van der Waals surface area contributed by atoms with Gasteiger partial charge in [-0.25, -0.2) is 0 Å². The van der Waals surface area contributed by atoms with Crippen molar-refractivity contribution in [2.75, 3.05) is 11.5 Å². The Kier molecular flexibility index (Phi) is 4.89. The lowest BCUT2D eigenvalue weighted by Crippen LogP contribution is -2.01. The molecular formula is C19H26N2. The van der Waals surface area contributed by atoms with Crippen LogP contribution in [0.1, 0.15) is 43.0 Å². The van der Waals surface area contributed by atoms with Gasteiger partial charge in [0.15, 0.2) is 0 Å². The van der Waals surface area contributed by atoms with Crippen molar-refractivity contribution in [3.63, 3.8) is 0 Å². The second kappa shape index (κ2) is 6.66. The van der Waals surface area contributed by atoms with Crippen molar-refractivity contribution >= 4 is 11.4 Å². The molecule has 0 atom stereocenters. The maximum Gasteiger partial charge on any atom is 0.0346 e. The van der Waals surface area contributed by atoms with Crippen LogP contribution in [0.25, 0.3) is 0 Å². The van der Waals surface area contributed by atoms with Crippen LogP contribution in [0, 0.1) is 5.92 Å². The topological polar surface area (TPSA) is 52.0 Å². The summed E-state index contributed by atoms with van der Waals surface area (Å²) in [5.41, 5.74) is 18.9. The van der Waals surface area contributed by atoms with Gasteiger partial charge < -0.3 is 11.5 Å². The third-order valence-corrected chi connectivity index (χ3v) is 3.83. The fourth-order valence-corrected chi connectivity index (χ4v) is 2.70. The lowest BCUT2D eigenvalue weighted by atomic mass is 9.95. The van der Waals surface area contributed by atoms with Crippen molar-refractivity contribution in [2.45, 2.75) is 40.0 Å². The van der Waals surface area contributed by atoms with Gasteiger partial charge in [0.25, 0.3) is 0 Å². The Labute approximate surface area is 128 Å². The normalized spacial score (nSPS) is 11.0. The van der Waals surface area contributed by atoms with Crippen LogP contribution in [0.5, 0.6) is 0 Å². The fourth-order valence-electron chi connectivity index (χ4n) is 2.70. The minimum absolute atomic E-state index is 0.616. The third-order valence-electron chi connectivity index (χ3n) is 3.83. The van der Waals surface area contributed by atoms with Crippen molar-refractivity contribution in [1.29, 1.82) is 0 Å². The summed E-state index contributed by atoms with van der Waals surface area (Å²) in [6, 6.07) is 12.8. The maximum absolute atomic E-state index is 6.08. The Hall–Kier alpha value is -1.96. The molecular weight excluding hydrogens is 256 g/mol. The molecule has 0 amide bonds. The summed E-state index contributed by atoms with van der Waals surface area (Å²) in [5, 5.41) is 0. The molecule has 0 heterocycles. The van der Waals surface area contributed by atoms with E-state index >= 15 is 0 Å².